The molecule has 0 bridgehead atoms. The lowest BCUT2D eigenvalue weighted by atomic mass is 9.93. The third-order valence-electron chi connectivity index (χ3n) is 9.11. The van der Waals surface area contributed by atoms with Crippen LogP contribution in [0.2, 0.25) is 28.2 Å². The van der Waals surface area contributed by atoms with Crippen LogP contribution in [0.5, 0.6) is 0 Å². The largest absolute Gasteiger partial charge is 0.414 e. The Labute approximate surface area is 252 Å². The van der Waals surface area contributed by atoms with E-state index >= 15 is 0 Å². The van der Waals surface area contributed by atoms with Crippen LogP contribution in [0.25, 0.3) is 38.9 Å². The molecule has 0 atom stereocenters. The molecule has 4 heterocycles. The van der Waals surface area contributed by atoms with Gasteiger partial charge in [0.1, 0.15) is 5.65 Å². The zero-order valence-corrected chi connectivity index (χ0v) is 27.1. The van der Waals surface area contributed by atoms with Gasteiger partial charge in [0.05, 0.1) is 33.5 Å². The number of aryl methyl sites for hydroxylation is 1. The summed E-state index contributed by atoms with van der Waals surface area (Å²) >= 11 is 13.1. The van der Waals surface area contributed by atoms with Crippen molar-refractivity contribution in [3.8, 4) is 22.4 Å². The molecular weight excluding hydrogens is 569 g/mol. The molecule has 0 N–H and O–H groups in total. The zero-order chi connectivity index (χ0) is 29.1. The van der Waals surface area contributed by atoms with Crippen LogP contribution in [0.1, 0.15) is 58.2 Å². The number of nitrogens with zero attached hydrogens (tertiary/aromatic N) is 5. The Bertz CT molecular complexity index is 1720. The quantitative estimate of drug-likeness (QED) is 0.187. The summed E-state index contributed by atoms with van der Waals surface area (Å²) in [7, 11) is -1.75. The van der Waals surface area contributed by atoms with Crippen molar-refractivity contribution in [2.75, 3.05) is 0 Å². The molecule has 1 aliphatic rings. The number of hydrogen-bond acceptors (Lipinski definition) is 4. The van der Waals surface area contributed by atoms with Crippen LogP contribution in [-0.4, -0.2) is 38.6 Å². The van der Waals surface area contributed by atoms with E-state index in [4.69, 9.17) is 42.7 Å². The van der Waals surface area contributed by atoms with E-state index < -0.39 is 8.32 Å². The predicted molar refractivity (Wildman–Crippen MR) is 171 cm³/mol. The van der Waals surface area contributed by atoms with E-state index in [1.54, 1.807) is 0 Å². The highest BCUT2D eigenvalue weighted by Gasteiger charge is 2.40. The maximum absolute atomic E-state index is 6.71. The molecule has 214 valence electrons. The molecular formula is C32H37Cl2N5OSi. The van der Waals surface area contributed by atoms with E-state index in [9.17, 15) is 0 Å². The maximum atomic E-state index is 6.71. The highest BCUT2D eigenvalue weighted by molar-refractivity contribution is 6.74. The summed E-state index contributed by atoms with van der Waals surface area (Å²) in [5.74, 6) is 0. The Morgan fingerprint density at radius 2 is 1.68 bits per heavy atom. The summed E-state index contributed by atoms with van der Waals surface area (Å²) < 4.78 is 10.9. The SMILES string of the molecule is Cc1c(-c2c(Cl)cccc2Cl)nc2c3cc(-c4cnn([C@H]5CC[C@H](O[Si](C)(C)C(C)(C)C)CC5)c4)cnc3ccn12. The molecule has 6 nitrogen and oxygen atoms in total. The van der Waals surface area contributed by atoms with E-state index in [0.717, 1.165) is 70.3 Å². The first-order valence-electron chi connectivity index (χ1n) is 14.4. The predicted octanol–water partition coefficient (Wildman–Crippen LogP) is 9.53. The maximum Gasteiger partial charge on any atom is 0.192 e. The molecule has 1 aliphatic carbocycles. The Hall–Kier alpha value is -2.71. The van der Waals surface area contributed by atoms with E-state index in [-0.39, 0.29) is 5.04 Å². The highest BCUT2D eigenvalue weighted by Crippen LogP contribution is 2.41. The van der Waals surface area contributed by atoms with Crippen LogP contribution in [-0.2, 0) is 4.43 Å². The van der Waals surface area contributed by atoms with Gasteiger partial charge < -0.3 is 8.83 Å². The van der Waals surface area contributed by atoms with Crippen molar-refractivity contribution >= 4 is 48.1 Å². The number of fused-ring (bicyclic) bond motifs is 3. The molecule has 1 aromatic carbocycles. The van der Waals surface area contributed by atoms with Gasteiger partial charge in [-0.25, -0.2) is 4.98 Å². The van der Waals surface area contributed by atoms with Crippen LogP contribution in [0.4, 0.5) is 0 Å². The summed E-state index contributed by atoms with van der Waals surface area (Å²) in [6.45, 7) is 13.7. The highest BCUT2D eigenvalue weighted by atomic mass is 35.5. The molecule has 1 fully saturated rings. The van der Waals surface area contributed by atoms with Gasteiger partial charge in [-0.1, -0.05) is 50.0 Å². The van der Waals surface area contributed by atoms with Crippen LogP contribution < -0.4 is 0 Å². The van der Waals surface area contributed by atoms with Crippen LogP contribution >= 0.6 is 23.2 Å². The van der Waals surface area contributed by atoms with Crippen molar-refractivity contribution in [3.63, 3.8) is 0 Å². The summed E-state index contributed by atoms with van der Waals surface area (Å²) in [6.07, 6.45) is 12.7. The molecule has 9 heteroatoms. The van der Waals surface area contributed by atoms with Gasteiger partial charge in [0.2, 0.25) is 0 Å². The molecule has 0 amide bonds. The number of imidazole rings is 1. The van der Waals surface area contributed by atoms with Gasteiger partial charge >= 0.3 is 0 Å². The lowest BCUT2D eigenvalue weighted by Gasteiger charge is -2.41. The molecule has 0 unspecified atom stereocenters. The number of rotatable bonds is 5. The molecule has 0 aliphatic heterocycles. The van der Waals surface area contributed by atoms with Crippen molar-refractivity contribution < 1.29 is 4.43 Å². The minimum absolute atomic E-state index is 0.235. The zero-order valence-electron chi connectivity index (χ0n) is 24.6. The smallest absolute Gasteiger partial charge is 0.192 e. The third-order valence-corrected chi connectivity index (χ3v) is 14.3. The number of benzene rings is 1. The summed E-state index contributed by atoms with van der Waals surface area (Å²) in [6, 6.07) is 10.1. The molecule has 5 aromatic rings. The Morgan fingerprint density at radius 1 is 0.976 bits per heavy atom. The van der Waals surface area contributed by atoms with Gasteiger partial charge in [0, 0.05) is 52.5 Å². The molecule has 41 heavy (non-hydrogen) atoms. The minimum Gasteiger partial charge on any atom is -0.414 e. The van der Waals surface area contributed by atoms with E-state index in [2.05, 4.69) is 55.2 Å². The Kier molecular flexibility index (Phi) is 7.30. The number of pyridine rings is 2. The van der Waals surface area contributed by atoms with Crippen LogP contribution in [0.3, 0.4) is 0 Å². The first-order valence-corrected chi connectivity index (χ1v) is 18.0. The van der Waals surface area contributed by atoms with E-state index in [0.29, 0.717) is 22.2 Å². The Balaban J connectivity index is 1.27. The van der Waals surface area contributed by atoms with Crippen LogP contribution in [0, 0.1) is 6.92 Å². The average Bonchev–Trinajstić information content (AvgIpc) is 3.54. The molecule has 4 aromatic heterocycles. The number of hydrogen-bond donors (Lipinski definition) is 0. The molecule has 0 saturated heterocycles. The second kappa shape index (κ2) is 10.5. The summed E-state index contributed by atoms with van der Waals surface area (Å²) in [5.41, 5.74) is 6.29. The average molecular weight is 607 g/mol. The summed E-state index contributed by atoms with van der Waals surface area (Å²) in [4.78, 5) is 9.80. The fourth-order valence-electron chi connectivity index (χ4n) is 5.64. The van der Waals surface area contributed by atoms with Gasteiger partial charge in [0.15, 0.2) is 8.32 Å². The lowest BCUT2D eigenvalue weighted by Crippen LogP contribution is -2.44. The normalized spacial score (nSPS) is 18.4. The number of halogens is 2. The first kappa shape index (κ1) is 28.4. The summed E-state index contributed by atoms with van der Waals surface area (Å²) in [5, 5.41) is 7.15. The lowest BCUT2D eigenvalue weighted by molar-refractivity contribution is 0.115. The fourth-order valence-corrected chi connectivity index (χ4v) is 7.64. The minimum atomic E-state index is -1.75. The van der Waals surface area contributed by atoms with Crippen molar-refractivity contribution in [2.24, 2.45) is 0 Å². The molecule has 0 radical (unpaired) electrons. The standard InChI is InChI=1S/C32H37Cl2N5OSi/c1-20-30(29-26(33)8-7-9-27(29)34)37-31-25-16-21(17-35-28(25)14-15-38(20)31)22-18-36-39(19-22)23-10-12-24(13-11-23)40-41(5,6)32(2,3)4/h7-9,14-19,23-24H,10-13H2,1-6H3/t23-,24-. The van der Waals surface area contributed by atoms with Gasteiger partial charge in [-0.2, -0.15) is 5.10 Å². The van der Waals surface area contributed by atoms with Crippen molar-refractivity contribution in [2.45, 2.75) is 83.7 Å². The van der Waals surface area contributed by atoms with E-state index in [1.807, 2.05) is 49.8 Å². The van der Waals surface area contributed by atoms with Gasteiger partial charge in [-0.15, -0.1) is 0 Å². The topological polar surface area (TPSA) is 57.2 Å². The van der Waals surface area contributed by atoms with Crippen molar-refractivity contribution in [1.29, 1.82) is 0 Å². The van der Waals surface area contributed by atoms with Gasteiger partial charge in [0.25, 0.3) is 0 Å². The molecule has 1 saturated carbocycles. The van der Waals surface area contributed by atoms with Gasteiger partial charge in [-0.05, 0) is 75.0 Å². The first-order chi connectivity index (χ1) is 19.4. The third kappa shape index (κ3) is 5.22. The molecule has 0 spiro atoms. The fraction of sp³-hybridized carbons (Fsp3) is 0.406. The molecule has 6 rings (SSSR count). The van der Waals surface area contributed by atoms with Crippen LogP contribution in [0.15, 0.2) is 55.1 Å². The number of aromatic nitrogens is 5. The monoisotopic (exact) mass is 605 g/mol. The van der Waals surface area contributed by atoms with E-state index in [1.165, 1.54) is 0 Å². The van der Waals surface area contributed by atoms with Gasteiger partial charge in [-0.3, -0.25) is 9.67 Å². The van der Waals surface area contributed by atoms with Crippen molar-refractivity contribution in [1.82, 2.24) is 24.1 Å². The van der Waals surface area contributed by atoms with Crippen molar-refractivity contribution in [3.05, 3.63) is 70.9 Å². The Morgan fingerprint density at radius 3 is 2.37 bits per heavy atom. The second-order valence-electron chi connectivity index (χ2n) is 12.8. The second-order valence-corrected chi connectivity index (χ2v) is 18.4.